The number of halogens is 1. The molecule has 104 valence electrons. The molecule has 3 rings (SSSR count). The standard InChI is InChI=1S/C13H15ClO4S/c14-9-1-2-12-10(7-9)11(15)8-13(18-12)3-5-19(16,17)6-4-13/h1-2,7,11,15H,3-6,8H2/t11-/m0/s1. The number of benzene rings is 1. The first-order chi connectivity index (χ1) is 8.89. The molecule has 1 aromatic carbocycles. The van der Waals surface area contributed by atoms with Gasteiger partial charge in [0.15, 0.2) is 9.84 Å². The zero-order valence-electron chi connectivity index (χ0n) is 10.3. The van der Waals surface area contributed by atoms with Crippen molar-refractivity contribution in [2.24, 2.45) is 0 Å². The maximum Gasteiger partial charge on any atom is 0.150 e. The Morgan fingerprint density at radius 3 is 2.68 bits per heavy atom. The summed E-state index contributed by atoms with van der Waals surface area (Å²) < 4.78 is 29.0. The summed E-state index contributed by atoms with van der Waals surface area (Å²) >= 11 is 5.91. The number of sulfone groups is 1. The largest absolute Gasteiger partial charge is 0.487 e. The third kappa shape index (κ3) is 2.47. The Balaban J connectivity index is 1.91. The maximum atomic E-state index is 11.5. The topological polar surface area (TPSA) is 63.6 Å². The summed E-state index contributed by atoms with van der Waals surface area (Å²) in [6, 6.07) is 5.16. The third-order valence-electron chi connectivity index (χ3n) is 3.96. The van der Waals surface area contributed by atoms with E-state index in [1.165, 1.54) is 0 Å². The lowest BCUT2D eigenvalue weighted by Crippen LogP contribution is -2.47. The van der Waals surface area contributed by atoms with E-state index >= 15 is 0 Å². The SMILES string of the molecule is O=S1(=O)CCC2(CC1)C[C@H](O)c1cc(Cl)ccc1O2. The smallest absolute Gasteiger partial charge is 0.150 e. The quantitative estimate of drug-likeness (QED) is 0.797. The Kier molecular flexibility index (Phi) is 3.04. The first-order valence-corrected chi connectivity index (χ1v) is 8.46. The van der Waals surface area contributed by atoms with Gasteiger partial charge in [0, 0.05) is 29.8 Å². The molecule has 1 aromatic rings. The van der Waals surface area contributed by atoms with E-state index < -0.39 is 21.5 Å². The molecule has 0 bridgehead atoms. The first-order valence-electron chi connectivity index (χ1n) is 6.26. The van der Waals surface area contributed by atoms with E-state index in [9.17, 15) is 13.5 Å². The van der Waals surface area contributed by atoms with Crippen molar-refractivity contribution >= 4 is 21.4 Å². The molecule has 19 heavy (non-hydrogen) atoms. The van der Waals surface area contributed by atoms with E-state index in [4.69, 9.17) is 16.3 Å². The summed E-state index contributed by atoms with van der Waals surface area (Å²) in [5.74, 6) is 0.869. The molecule has 4 nitrogen and oxygen atoms in total. The van der Waals surface area contributed by atoms with Crippen LogP contribution in [0.15, 0.2) is 18.2 Å². The van der Waals surface area contributed by atoms with Crippen LogP contribution in [0.25, 0.3) is 0 Å². The van der Waals surface area contributed by atoms with Gasteiger partial charge in [-0.1, -0.05) is 11.6 Å². The monoisotopic (exact) mass is 302 g/mol. The van der Waals surface area contributed by atoms with Crippen LogP contribution >= 0.6 is 11.6 Å². The molecule has 6 heteroatoms. The van der Waals surface area contributed by atoms with E-state index in [1.807, 2.05) is 0 Å². The highest BCUT2D eigenvalue weighted by Gasteiger charge is 2.44. The summed E-state index contributed by atoms with van der Waals surface area (Å²) in [6.45, 7) is 0. The van der Waals surface area contributed by atoms with Crippen molar-refractivity contribution in [1.82, 2.24) is 0 Å². The molecule has 1 atom stereocenters. The van der Waals surface area contributed by atoms with Gasteiger partial charge in [0.1, 0.15) is 11.4 Å². The van der Waals surface area contributed by atoms with E-state index in [0.717, 1.165) is 0 Å². The van der Waals surface area contributed by atoms with Crippen molar-refractivity contribution in [3.05, 3.63) is 28.8 Å². The van der Waals surface area contributed by atoms with E-state index in [1.54, 1.807) is 18.2 Å². The Hall–Kier alpha value is -0.780. The molecule has 0 saturated carbocycles. The summed E-state index contributed by atoms with van der Waals surface area (Å²) in [4.78, 5) is 0. The zero-order chi connectivity index (χ0) is 13.7. The fraction of sp³-hybridized carbons (Fsp3) is 0.538. The van der Waals surface area contributed by atoms with Crippen LogP contribution in [0.5, 0.6) is 5.75 Å². The molecule has 1 spiro atoms. The van der Waals surface area contributed by atoms with Gasteiger partial charge in [-0.15, -0.1) is 0 Å². The molecule has 0 unspecified atom stereocenters. The van der Waals surface area contributed by atoms with Gasteiger partial charge in [0.05, 0.1) is 17.6 Å². The van der Waals surface area contributed by atoms with Crippen LogP contribution < -0.4 is 4.74 Å². The number of hydrogen-bond acceptors (Lipinski definition) is 4. The van der Waals surface area contributed by atoms with Crippen LogP contribution in [0.3, 0.4) is 0 Å². The number of fused-ring (bicyclic) bond motifs is 1. The van der Waals surface area contributed by atoms with Crippen LogP contribution in [-0.2, 0) is 9.84 Å². The number of ether oxygens (including phenoxy) is 1. The highest BCUT2D eigenvalue weighted by atomic mass is 35.5. The average Bonchev–Trinajstić information content (AvgIpc) is 2.35. The highest BCUT2D eigenvalue weighted by molar-refractivity contribution is 7.91. The van der Waals surface area contributed by atoms with Gasteiger partial charge in [0.25, 0.3) is 0 Å². The van der Waals surface area contributed by atoms with Gasteiger partial charge in [-0.25, -0.2) is 8.42 Å². The van der Waals surface area contributed by atoms with Crippen LogP contribution in [0.4, 0.5) is 0 Å². The molecule has 1 N–H and O–H groups in total. The van der Waals surface area contributed by atoms with E-state index in [-0.39, 0.29) is 11.5 Å². The zero-order valence-corrected chi connectivity index (χ0v) is 11.9. The van der Waals surface area contributed by atoms with Crippen LogP contribution in [-0.4, -0.2) is 30.6 Å². The molecule has 0 aliphatic carbocycles. The predicted molar refractivity (Wildman–Crippen MR) is 72.3 cm³/mol. The lowest BCUT2D eigenvalue weighted by Gasteiger charge is -2.43. The number of aliphatic hydroxyl groups excluding tert-OH is 1. The fourth-order valence-corrected chi connectivity index (χ4v) is 4.58. The summed E-state index contributed by atoms with van der Waals surface area (Å²) in [5, 5.41) is 10.8. The van der Waals surface area contributed by atoms with Crippen molar-refractivity contribution in [3.63, 3.8) is 0 Å². The summed E-state index contributed by atoms with van der Waals surface area (Å²) in [6.07, 6.45) is 0.655. The van der Waals surface area contributed by atoms with Crippen LogP contribution in [0, 0.1) is 0 Å². The lowest BCUT2D eigenvalue weighted by atomic mass is 9.84. The van der Waals surface area contributed by atoms with Gasteiger partial charge >= 0.3 is 0 Å². The lowest BCUT2D eigenvalue weighted by molar-refractivity contribution is -0.0208. The molecule has 1 fully saturated rings. The number of aliphatic hydroxyl groups is 1. The van der Waals surface area contributed by atoms with Gasteiger partial charge < -0.3 is 9.84 Å². The number of rotatable bonds is 0. The summed E-state index contributed by atoms with van der Waals surface area (Å²) in [5.41, 5.74) is 0.137. The Morgan fingerprint density at radius 1 is 1.32 bits per heavy atom. The van der Waals surface area contributed by atoms with E-state index in [0.29, 0.717) is 35.6 Å². The van der Waals surface area contributed by atoms with Gasteiger partial charge in [-0.05, 0) is 18.2 Å². The molecule has 2 aliphatic heterocycles. The molecule has 1 saturated heterocycles. The van der Waals surface area contributed by atoms with Crippen LogP contribution in [0.2, 0.25) is 5.02 Å². The van der Waals surface area contributed by atoms with Gasteiger partial charge in [-0.3, -0.25) is 0 Å². The van der Waals surface area contributed by atoms with Crippen molar-refractivity contribution in [3.8, 4) is 5.75 Å². The van der Waals surface area contributed by atoms with E-state index in [2.05, 4.69) is 0 Å². The Labute approximate surface area is 117 Å². The molecule has 0 radical (unpaired) electrons. The van der Waals surface area contributed by atoms with Gasteiger partial charge in [-0.2, -0.15) is 0 Å². The minimum atomic E-state index is -2.94. The molecule has 0 amide bonds. The molecular weight excluding hydrogens is 288 g/mol. The average molecular weight is 303 g/mol. The molecular formula is C13H15ClO4S. The molecule has 2 heterocycles. The van der Waals surface area contributed by atoms with Crippen molar-refractivity contribution < 1.29 is 18.3 Å². The third-order valence-corrected chi connectivity index (χ3v) is 5.85. The minimum Gasteiger partial charge on any atom is -0.487 e. The van der Waals surface area contributed by atoms with Crippen molar-refractivity contribution in [2.45, 2.75) is 31.0 Å². The second-order valence-electron chi connectivity index (χ2n) is 5.34. The Morgan fingerprint density at radius 2 is 2.00 bits per heavy atom. The van der Waals surface area contributed by atoms with Crippen molar-refractivity contribution in [2.75, 3.05) is 11.5 Å². The highest BCUT2D eigenvalue weighted by Crippen LogP contribution is 2.45. The van der Waals surface area contributed by atoms with Crippen molar-refractivity contribution in [1.29, 1.82) is 0 Å². The van der Waals surface area contributed by atoms with Crippen LogP contribution in [0.1, 0.15) is 30.9 Å². The fourth-order valence-electron chi connectivity index (χ4n) is 2.83. The molecule has 0 aromatic heterocycles. The Bertz CT molecular complexity index is 597. The maximum absolute atomic E-state index is 11.5. The minimum absolute atomic E-state index is 0.128. The predicted octanol–water partition coefficient (Wildman–Crippen LogP) is 2.10. The summed E-state index contributed by atoms with van der Waals surface area (Å²) in [7, 11) is -2.94. The molecule has 2 aliphatic rings. The number of hydrogen-bond donors (Lipinski definition) is 1. The second-order valence-corrected chi connectivity index (χ2v) is 8.08. The first kappa shape index (κ1) is 13.2. The van der Waals surface area contributed by atoms with Gasteiger partial charge in [0.2, 0.25) is 0 Å². The second kappa shape index (κ2) is 4.36. The normalized spacial score (nSPS) is 27.6.